The summed E-state index contributed by atoms with van der Waals surface area (Å²) in [7, 11) is 0. The van der Waals surface area contributed by atoms with Crippen LogP contribution in [0.3, 0.4) is 0 Å². The van der Waals surface area contributed by atoms with Crippen molar-refractivity contribution in [3.63, 3.8) is 0 Å². The van der Waals surface area contributed by atoms with Gasteiger partial charge in [-0.25, -0.2) is 19.4 Å². The fourth-order valence-electron chi connectivity index (χ4n) is 3.48. The lowest BCUT2D eigenvalue weighted by Crippen LogP contribution is -2.42. The third-order valence-corrected chi connectivity index (χ3v) is 4.98. The standard InChI is InChI=1S/C24H33N7O2/c1-15-9-8-10-17(11-15)12-18-19-20(25)27-14-28-21(19)31(30-18)24(6,7)13-26-16(2)29-22(32)33-23(3,4)5/h8-11,14,26H,2,12-13H2,1,3-7H3,(H,29,32)(H2,25,27,28). The fraction of sp³-hybridized carbons (Fsp3) is 0.417. The zero-order valence-electron chi connectivity index (χ0n) is 20.2. The predicted molar refractivity (Wildman–Crippen MR) is 130 cm³/mol. The molecule has 33 heavy (non-hydrogen) atoms. The largest absolute Gasteiger partial charge is 0.444 e. The summed E-state index contributed by atoms with van der Waals surface area (Å²) >= 11 is 0. The molecule has 1 amide bonds. The molecule has 9 nitrogen and oxygen atoms in total. The van der Waals surface area contributed by atoms with Crippen LogP contribution in [-0.2, 0) is 16.7 Å². The van der Waals surface area contributed by atoms with Crippen molar-refractivity contribution in [3.8, 4) is 0 Å². The number of aromatic nitrogens is 4. The van der Waals surface area contributed by atoms with Crippen molar-refractivity contribution in [1.82, 2.24) is 30.4 Å². The Morgan fingerprint density at radius 2 is 1.94 bits per heavy atom. The van der Waals surface area contributed by atoms with Crippen molar-refractivity contribution in [2.24, 2.45) is 0 Å². The lowest BCUT2D eigenvalue weighted by Gasteiger charge is -2.27. The predicted octanol–water partition coefficient (Wildman–Crippen LogP) is 3.63. The van der Waals surface area contributed by atoms with Gasteiger partial charge in [-0.3, -0.25) is 5.32 Å². The summed E-state index contributed by atoms with van der Waals surface area (Å²) < 4.78 is 7.11. The number of fused-ring (bicyclic) bond motifs is 1. The lowest BCUT2D eigenvalue weighted by atomic mass is 10.1. The highest BCUT2D eigenvalue weighted by atomic mass is 16.6. The molecule has 0 spiro atoms. The molecule has 0 aliphatic rings. The molecule has 1 aromatic carbocycles. The number of alkyl carbamates (subject to hydrolysis) is 1. The van der Waals surface area contributed by atoms with Gasteiger partial charge in [0.2, 0.25) is 0 Å². The lowest BCUT2D eigenvalue weighted by molar-refractivity contribution is 0.0541. The normalized spacial score (nSPS) is 11.9. The molecule has 0 aliphatic carbocycles. The van der Waals surface area contributed by atoms with Crippen LogP contribution in [0.5, 0.6) is 0 Å². The molecule has 0 saturated carbocycles. The highest BCUT2D eigenvalue weighted by Crippen LogP contribution is 2.28. The van der Waals surface area contributed by atoms with Crippen LogP contribution in [0.25, 0.3) is 11.0 Å². The van der Waals surface area contributed by atoms with Gasteiger partial charge in [0.05, 0.1) is 16.6 Å². The molecule has 0 unspecified atom stereocenters. The SMILES string of the molecule is C=C(NCC(C)(C)n1nc(Cc2cccc(C)c2)c2c(N)ncnc21)NC(=O)OC(C)(C)C. The number of amides is 1. The number of rotatable bonds is 7. The van der Waals surface area contributed by atoms with Crippen molar-refractivity contribution >= 4 is 22.9 Å². The zero-order chi connectivity index (χ0) is 24.4. The smallest absolute Gasteiger partial charge is 0.413 e. The molecule has 2 aromatic heterocycles. The molecule has 0 saturated heterocycles. The Morgan fingerprint density at radius 3 is 2.61 bits per heavy atom. The molecule has 0 bridgehead atoms. The quantitative estimate of drug-likeness (QED) is 0.502. The van der Waals surface area contributed by atoms with E-state index in [-0.39, 0.29) is 0 Å². The van der Waals surface area contributed by atoms with E-state index in [9.17, 15) is 4.79 Å². The summed E-state index contributed by atoms with van der Waals surface area (Å²) in [6.07, 6.45) is 1.49. The number of anilines is 1. The van der Waals surface area contributed by atoms with Gasteiger partial charge < -0.3 is 15.8 Å². The van der Waals surface area contributed by atoms with Crippen LogP contribution in [-0.4, -0.2) is 38.0 Å². The van der Waals surface area contributed by atoms with Crippen molar-refractivity contribution in [2.75, 3.05) is 12.3 Å². The first-order chi connectivity index (χ1) is 15.4. The topological polar surface area (TPSA) is 120 Å². The summed E-state index contributed by atoms with van der Waals surface area (Å²) in [5.74, 6) is 0.733. The molecular formula is C24H33N7O2. The summed E-state index contributed by atoms with van der Waals surface area (Å²) in [6, 6.07) is 8.28. The number of hydrogen-bond donors (Lipinski definition) is 3. The molecule has 0 radical (unpaired) electrons. The van der Waals surface area contributed by atoms with Crippen molar-refractivity contribution < 1.29 is 9.53 Å². The Kier molecular flexibility index (Phi) is 6.62. The Bertz CT molecular complexity index is 1180. The number of nitrogens with zero attached hydrogens (tertiary/aromatic N) is 4. The summed E-state index contributed by atoms with van der Waals surface area (Å²) in [6.45, 7) is 15.8. The van der Waals surface area contributed by atoms with Gasteiger partial charge in [0.25, 0.3) is 0 Å². The van der Waals surface area contributed by atoms with Crippen LogP contribution in [0, 0.1) is 6.92 Å². The molecule has 0 atom stereocenters. The number of nitrogens with two attached hydrogens (primary N) is 1. The number of hydrogen-bond acceptors (Lipinski definition) is 7. The maximum absolute atomic E-state index is 12.0. The van der Waals surface area contributed by atoms with E-state index < -0.39 is 17.2 Å². The average molecular weight is 452 g/mol. The minimum atomic E-state index is -0.592. The number of carbonyl (C=O) groups excluding carboxylic acids is 1. The van der Waals surface area contributed by atoms with Crippen LogP contribution in [0.15, 0.2) is 43.0 Å². The van der Waals surface area contributed by atoms with E-state index in [2.05, 4.69) is 52.3 Å². The van der Waals surface area contributed by atoms with Gasteiger partial charge in [0.1, 0.15) is 23.6 Å². The van der Waals surface area contributed by atoms with Crippen LogP contribution >= 0.6 is 0 Å². The number of carbonyl (C=O) groups is 1. The fourth-order valence-corrected chi connectivity index (χ4v) is 3.48. The maximum atomic E-state index is 12.0. The Hall–Kier alpha value is -3.62. The van der Waals surface area contributed by atoms with Crippen molar-refractivity contribution in [2.45, 2.75) is 59.1 Å². The molecule has 3 aromatic rings. The van der Waals surface area contributed by atoms with E-state index in [0.717, 1.165) is 16.6 Å². The van der Waals surface area contributed by atoms with Crippen LogP contribution < -0.4 is 16.4 Å². The van der Waals surface area contributed by atoms with Crippen molar-refractivity contribution in [3.05, 3.63) is 59.8 Å². The second-order valence-corrected chi connectivity index (χ2v) is 9.75. The van der Waals surface area contributed by atoms with Gasteiger partial charge >= 0.3 is 6.09 Å². The number of aryl methyl sites for hydroxylation is 1. The summed E-state index contributed by atoms with van der Waals surface area (Å²) in [5.41, 5.74) is 8.90. The minimum absolute atomic E-state index is 0.336. The van der Waals surface area contributed by atoms with Crippen LogP contribution in [0.4, 0.5) is 10.6 Å². The number of ether oxygens (including phenoxy) is 1. The van der Waals surface area contributed by atoms with Gasteiger partial charge in [-0.15, -0.1) is 0 Å². The van der Waals surface area contributed by atoms with Crippen LogP contribution in [0.2, 0.25) is 0 Å². The third kappa shape index (κ3) is 6.00. The minimum Gasteiger partial charge on any atom is -0.444 e. The Morgan fingerprint density at radius 1 is 1.21 bits per heavy atom. The zero-order valence-corrected chi connectivity index (χ0v) is 20.2. The third-order valence-electron chi connectivity index (χ3n) is 4.98. The monoisotopic (exact) mass is 451 g/mol. The maximum Gasteiger partial charge on any atom is 0.413 e. The first-order valence-corrected chi connectivity index (χ1v) is 10.8. The van der Waals surface area contributed by atoms with E-state index in [1.807, 2.05) is 24.6 Å². The van der Waals surface area contributed by atoms with E-state index in [0.29, 0.717) is 30.3 Å². The first kappa shape index (κ1) is 24.0. The van der Waals surface area contributed by atoms with E-state index >= 15 is 0 Å². The summed E-state index contributed by atoms with van der Waals surface area (Å²) in [5, 5.41) is 11.4. The number of nitrogen functional groups attached to an aromatic ring is 1. The van der Waals surface area contributed by atoms with E-state index in [1.54, 1.807) is 20.8 Å². The number of benzene rings is 1. The van der Waals surface area contributed by atoms with Crippen LogP contribution in [0.1, 0.15) is 51.4 Å². The van der Waals surface area contributed by atoms with Crippen molar-refractivity contribution in [1.29, 1.82) is 0 Å². The molecule has 0 fully saturated rings. The van der Waals surface area contributed by atoms with Gasteiger partial charge in [-0.2, -0.15) is 5.10 Å². The van der Waals surface area contributed by atoms with Gasteiger partial charge in [0.15, 0.2) is 5.65 Å². The summed E-state index contributed by atoms with van der Waals surface area (Å²) in [4.78, 5) is 20.6. The van der Waals surface area contributed by atoms with Gasteiger partial charge in [0, 0.05) is 13.0 Å². The second-order valence-electron chi connectivity index (χ2n) is 9.75. The molecule has 0 aliphatic heterocycles. The van der Waals surface area contributed by atoms with E-state index in [1.165, 1.54) is 11.9 Å². The highest BCUT2D eigenvalue weighted by molar-refractivity contribution is 5.88. The Balaban J connectivity index is 1.82. The van der Waals surface area contributed by atoms with Gasteiger partial charge in [-0.1, -0.05) is 36.4 Å². The molecular weight excluding hydrogens is 418 g/mol. The highest BCUT2D eigenvalue weighted by Gasteiger charge is 2.28. The average Bonchev–Trinajstić information content (AvgIpc) is 3.05. The molecule has 176 valence electrons. The van der Waals surface area contributed by atoms with Gasteiger partial charge in [-0.05, 0) is 47.1 Å². The molecule has 3 rings (SSSR count). The molecule has 9 heteroatoms. The Labute approximate surface area is 194 Å². The van der Waals surface area contributed by atoms with E-state index in [4.69, 9.17) is 15.6 Å². The molecule has 4 N–H and O–H groups in total. The second kappa shape index (κ2) is 9.09. The molecule has 2 heterocycles. The first-order valence-electron chi connectivity index (χ1n) is 10.8. The number of nitrogens with one attached hydrogen (secondary N) is 2.